The standard InChI is InChI=1S/C21H17F2N3O2/c1-13(14-7-3-2-4-8-14)24-20(27)17-11-6-12-18(25-17)21(28)26-19-15(22)9-5-10-16(19)23/h2-13H,1H3,(H,24,27)(H,26,28). The van der Waals surface area contributed by atoms with E-state index < -0.39 is 29.1 Å². The van der Waals surface area contributed by atoms with Crippen molar-refractivity contribution in [1.82, 2.24) is 10.3 Å². The third kappa shape index (κ3) is 4.37. The Morgan fingerprint density at radius 1 is 0.821 bits per heavy atom. The van der Waals surface area contributed by atoms with Crippen molar-refractivity contribution in [3.63, 3.8) is 0 Å². The van der Waals surface area contributed by atoms with Gasteiger partial charge in [0.1, 0.15) is 28.7 Å². The largest absolute Gasteiger partial charge is 0.344 e. The fourth-order valence-corrected chi connectivity index (χ4v) is 2.58. The molecular weight excluding hydrogens is 364 g/mol. The summed E-state index contributed by atoms with van der Waals surface area (Å²) in [5.41, 5.74) is 0.230. The van der Waals surface area contributed by atoms with Crippen LogP contribution in [-0.4, -0.2) is 16.8 Å². The minimum absolute atomic E-state index is 0.0180. The fourth-order valence-electron chi connectivity index (χ4n) is 2.58. The van der Waals surface area contributed by atoms with Gasteiger partial charge in [-0.15, -0.1) is 0 Å². The summed E-state index contributed by atoms with van der Waals surface area (Å²) in [5, 5.41) is 4.94. The van der Waals surface area contributed by atoms with Gasteiger partial charge in [0.25, 0.3) is 11.8 Å². The van der Waals surface area contributed by atoms with Gasteiger partial charge in [0, 0.05) is 0 Å². The number of amides is 2. The van der Waals surface area contributed by atoms with Crippen LogP contribution < -0.4 is 10.6 Å². The Bertz CT molecular complexity index is 989. The van der Waals surface area contributed by atoms with Crippen LogP contribution in [0.3, 0.4) is 0 Å². The zero-order valence-electron chi connectivity index (χ0n) is 14.9. The van der Waals surface area contributed by atoms with E-state index in [0.29, 0.717) is 0 Å². The Morgan fingerprint density at radius 3 is 2.04 bits per heavy atom. The van der Waals surface area contributed by atoms with Crippen LogP contribution in [0.4, 0.5) is 14.5 Å². The average molecular weight is 381 g/mol. The van der Waals surface area contributed by atoms with Gasteiger partial charge >= 0.3 is 0 Å². The molecular formula is C21H17F2N3O2. The molecule has 0 fully saturated rings. The number of hydrogen-bond acceptors (Lipinski definition) is 3. The lowest BCUT2D eigenvalue weighted by molar-refractivity contribution is 0.0934. The zero-order valence-corrected chi connectivity index (χ0v) is 14.9. The predicted molar refractivity (Wildman–Crippen MR) is 101 cm³/mol. The molecule has 2 amide bonds. The lowest BCUT2D eigenvalue weighted by Gasteiger charge is -2.14. The number of nitrogens with one attached hydrogen (secondary N) is 2. The van der Waals surface area contributed by atoms with Crippen molar-refractivity contribution in [2.45, 2.75) is 13.0 Å². The first kappa shape index (κ1) is 19.2. The summed E-state index contributed by atoms with van der Waals surface area (Å²) in [5.74, 6) is -3.10. The van der Waals surface area contributed by atoms with E-state index in [2.05, 4.69) is 15.6 Å². The Balaban J connectivity index is 1.74. The van der Waals surface area contributed by atoms with Gasteiger partial charge in [-0.3, -0.25) is 9.59 Å². The van der Waals surface area contributed by atoms with Crippen LogP contribution in [0.15, 0.2) is 66.7 Å². The van der Waals surface area contributed by atoms with E-state index in [1.165, 1.54) is 24.3 Å². The minimum Gasteiger partial charge on any atom is -0.344 e. The number of nitrogens with zero attached hydrogens (tertiary/aromatic N) is 1. The molecule has 1 heterocycles. The van der Waals surface area contributed by atoms with Crippen molar-refractivity contribution in [1.29, 1.82) is 0 Å². The van der Waals surface area contributed by atoms with E-state index in [1.807, 2.05) is 37.3 Å². The monoisotopic (exact) mass is 381 g/mol. The second kappa shape index (κ2) is 8.39. The summed E-state index contributed by atoms with van der Waals surface area (Å²) in [6.07, 6.45) is 0. The van der Waals surface area contributed by atoms with Crippen molar-refractivity contribution in [3.8, 4) is 0 Å². The van der Waals surface area contributed by atoms with Crippen LogP contribution in [0.25, 0.3) is 0 Å². The van der Waals surface area contributed by atoms with Crippen molar-refractivity contribution < 1.29 is 18.4 Å². The highest BCUT2D eigenvalue weighted by Crippen LogP contribution is 2.19. The molecule has 142 valence electrons. The van der Waals surface area contributed by atoms with E-state index in [9.17, 15) is 18.4 Å². The topological polar surface area (TPSA) is 71.1 Å². The molecule has 2 N–H and O–H groups in total. The molecule has 3 rings (SSSR count). The molecule has 0 bridgehead atoms. The molecule has 0 aliphatic heterocycles. The number of benzene rings is 2. The third-order valence-electron chi connectivity index (χ3n) is 4.06. The van der Waals surface area contributed by atoms with E-state index in [0.717, 1.165) is 17.7 Å². The van der Waals surface area contributed by atoms with Gasteiger partial charge in [-0.25, -0.2) is 13.8 Å². The van der Waals surface area contributed by atoms with Gasteiger partial charge in [0.15, 0.2) is 0 Å². The van der Waals surface area contributed by atoms with Crippen LogP contribution in [0.5, 0.6) is 0 Å². The maximum Gasteiger partial charge on any atom is 0.274 e. The number of anilines is 1. The van der Waals surface area contributed by atoms with E-state index in [1.54, 1.807) is 0 Å². The van der Waals surface area contributed by atoms with Gasteiger partial charge in [0.05, 0.1) is 6.04 Å². The average Bonchev–Trinajstić information content (AvgIpc) is 2.71. The Morgan fingerprint density at radius 2 is 1.39 bits per heavy atom. The highest BCUT2D eigenvalue weighted by molar-refractivity contribution is 6.04. The molecule has 0 saturated carbocycles. The Labute approximate surface area is 160 Å². The molecule has 0 spiro atoms. The summed E-state index contributed by atoms with van der Waals surface area (Å²) in [6.45, 7) is 1.82. The highest BCUT2D eigenvalue weighted by atomic mass is 19.1. The molecule has 0 radical (unpaired) electrons. The summed E-state index contributed by atoms with van der Waals surface area (Å²) >= 11 is 0. The van der Waals surface area contributed by atoms with Crippen molar-refractivity contribution in [2.75, 3.05) is 5.32 Å². The summed E-state index contributed by atoms with van der Waals surface area (Å²) in [7, 11) is 0. The molecule has 0 aliphatic carbocycles. The molecule has 2 aromatic carbocycles. The zero-order chi connectivity index (χ0) is 20.1. The first-order valence-electron chi connectivity index (χ1n) is 8.54. The Hall–Kier alpha value is -3.61. The molecule has 0 saturated heterocycles. The van der Waals surface area contributed by atoms with Crippen LogP contribution in [-0.2, 0) is 0 Å². The molecule has 28 heavy (non-hydrogen) atoms. The van der Waals surface area contributed by atoms with Gasteiger partial charge in [-0.1, -0.05) is 42.5 Å². The number of halogens is 2. The number of carbonyl (C=O) groups excluding carboxylic acids is 2. The van der Waals surface area contributed by atoms with Gasteiger partial charge in [0.2, 0.25) is 0 Å². The first-order chi connectivity index (χ1) is 13.5. The maximum absolute atomic E-state index is 13.7. The number of aromatic nitrogens is 1. The molecule has 1 atom stereocenters. The van der Waals surface area contributed by atoms with Crippen LogP contribution in [0, 0.1) is 11.6 Å². The van der Waals surface area contributed by atoms with Crippen molar-refractivity contribution >= 4 is 17.5 Å². The molecule has 5 nitrogen and oxygen atoms in total. The molecule has 1 aromatic heterocycles. The molecule has 0 aliphatic rings. The second-order valence-electron chi connectivity index (χ2n) is 6.06. The summed E-state index contributed by atoms with van der Waals surface area (Å²) < 4.78 is 27.4. The van der Waals surface area contributed by atoms with Crippen LogP contribution >= 0.6 is 0 Å². The van der Waals surface area contributed by atoms with Crippen molar-refractivity contribution in [3.05, 3.63) is 95.3 Å². The first-order valence-corrected chi connectivity index (χ1v) is 8.54. The SMILES string of the molecule is CC(NC(=O)c1cccc(C(=O)Nc2c(F)cccc2F)n1)c1ccccc1. The van der Waals surface area contributed by atoms with Gasteiger partial charge in [-0.05, 0) is 36.8 Å². The normalized spacial score (nSPS) is 11.5. The summed E-state index contributed by atoms with van der Waals surface area (Å²) in [4.78, 5) is 28.7. The highest BCUT2D eigenvalue weighted by Gasteiger charge is 2.17. The number of para-hydroxylation sites is 1. The quantitative estimate of drug-likeness (QED) is 0.699. The number of rotatable bonds is 5. The lowest BCUT2D eigenvalue weighted by atomic mass is 10.1. The molecule has 7 heteroatoms. The number of hydrogen-bond donors (Lipinski definition) is 2. The Kier molecular flexibility index (Phi) is 5.74. The second-order valence-corrected chi connectivity index (χ2v) is 6.06. The van der Waals surface area contributed by atoms with Crippen molar-refractivity contribution in [2.24, 2.45) is 0 Å². The lowest BCUT2D eigenvalue weighted by Crippen LogP contribution is -2.28. The van der Waals surface area contributed by atoms with Crippen LogP contribution in [0.2, 0.25) is 0 Å². The smallest absolute Gasteiger partial charge is 0.274 e. The van der Waals surface area contributed by atoms with E-state index in [4.69, 9.17) is 0 Å². The maximum atomic E-state index is 13.7. The fraction of sp³-hybridized carbons (Fsp3) is 0.0952. The summed E-state index contributed by atoms with van der Waals surface area (Å²) in [6, 6.07) is 16.6. The van der Waals surface area contributed by atoms with E-state index >= 15 is 0 Å². The van der Waals surface area contributed by atoms with Gasteiger partial charge in [-0.2, -0.15) is 0 Å². The minimum atomic E-state index is -0.904. The number of carbonyl (C=O) groups is 2. The van der Waals surface area contributed by atoms with Gasteiger partial charge < -0.3 is 10.6 Å². The van der Waals surface area contributed by atoms with E-state index in [-0.39, 0.29) is 17.4 Å². The number of pyridine rings is 1. The third-order valence-corrected chi connectivity index (χ3v) is 4.06. The van der Waals surface area contributed by atoms with Crippen LogP contribution in [0.1, 0.15) is 39.5 Å². The molecule has 3 aromatic rings. The molecule has 1 unspecified atom stereocenters. The predicted octanol–water partition coefficient (Wildman–Crippen LogP) is 4.10.